The van der Waals surface area contributed by atoms with E-state index >= 15 is 0 Å². The molecule has 2 N–H and O–H groups in total. The van der Waals surface area contributed by atoms with E-state index in [1.807, 2.05) is 6.07 Å². The van der Waals surface area contributed by atoms with Crippen LogP contribution in [0, 0.1) is 5.92 Å². The summed E-state index contributed by atoms with van der Waals surface area (Å²) < 4.78 is 2.20. The smallest absolute Gasteiger partial charge is 0.201 e. The standard InChI is InChI=1S/C18H27N3/c1-13(2)11-16-15(12-14-9-7-6-8-10-14)20-17(19)21(16)18(3,4)5/h6-10,13H,11-12H2,1-5H3,(H2,19,20). The van der Waals surface area contributed by atoms with Crippen molar-refractivity contribution in [2.75, 3.05) is 5.73 Å². The summed E-state index contributed by atoms with van der Waals surface area (Å²) in [7, 11) is 0. The van der Waals surface area contributed by atoms with E-state index in [0.29, 0.717) is 11.9 Å². The van der Waals surface area contributed by atoms with Gasteiger partial charge in [0.05, 0.1) is 5.69 Å². The third-order valence-corrected chi connectivity index (χ3v) is 3.57. The van der Waals surface area contributed by atoms with Crippen LogP contribution in [0.5, 0.6) is 0 Å². The normalized spacial score (nSPS) is 12.1. The molecule has 0 atom stereocenters. The predicted octanol–water partition coefficient (Wildman–Crippen LogP) is 4.01. The zero-order valence-corrected chi connectivity index (χ0v) is 13.9. The Hall–Kier alpha value is -1.77. The van der Waals surface area contributed by atoms with Crippen LogP contribution in [-0.4, -0.2) is 9.55 Å². The second-order valence-corrected chi connectivity index (χ2v) is 7.13. The van der Waals surface area contributed by atoms with Crippen molar-refractivity contribution in [2.24, 2.45) is 5.92 Å². The van der Waals surface area contributed by atoms with Gasteiger partial charge in [-0.05, 0) is 38.7 Å². The minimum atomic E-state index is -0.0454. The van der Waals surface area contributed by atoms with Gasteiger partial charge in [-0.2, -0.15) is 0 Å². The van der Waals surface area contributed by atoms with Crippen molar-refractivity contribution >= 4 is 5.95 Å². The fraction of sp³-hybridized carbons (Fsp3) is 0.500. The fourth-order valence-electron chi connectivity index (χ4n) is 2.80. The molecule has 0 radical (unpaired) electrons. The molecule has 3 heteroatoms. The summed E-state index contributed by atoms with van der Waals surface area (Å²) in [5.74, 6) is 1.21. The van der Waals surface area contributed by atoms with Gasteiger partial charge in [0.2, 0.25) is 5.95 Å². The van der Waals surface area contributed by atoms with Crippen LogP contribution < -0.4 is 5.73 Å². The van der Waals surface area contributed by atoms with E-state index in [1.54, 1.807) is 0 Å². The number of hydrogen-bond donors (Lipinski definition) is 1. The number of aromatic nitrogens is 2. The SMILES string of the molecule is CC(C)Cc1c(Cc2ccccc2)nc(N)n1C(C)(C)C. The van der Waals surface area contributed by atoms with Crippen molar-refractivity contribution in [3.8, 4) is 0 Å². The molecule has 0 saturated carbocycles. The topological polar surface area (TPSA) is 43.8 Å². The molecule has 0 saturated heterocycles. The van der Waals surface area contributed by atoms with Crippen LogP contribution in [0.1, 0.15) is 51.6 Å². The van der Waals surface area contributed by atoms with Crippen molar-refractivity contribution < 1.29 is 0 Å². The van der Waals surface area contributed by atoms with Gasteiger partial charge in [-0.3, -0.25) is 0 Å². The quantitative estimate of drug-likeness (QED) is 0.922. The molecule has 1 aromatic heterocycles. The zero-order valence-electron chi connectivity index (χ0n) is 13.9. The molecule has 0 spiro atoms. The first-order valence-electron chi connectivity index (χ1n) is 7.69. The molecule has 0 aliphatic carbocycles. The molecule has 0 aliphatic heterocycles. The predicted molar refractivity (Wildman–Crippen MR) is 89.4 cm³/mol. The summed E-state index contributed by atoms with van der Waals surface area (Å²) in [6.07, 6.45) is 1.85. The minimum Gasteiger partial charge on any atom is -0.369 e. The lowest BCUT2D eigenvalue weighted by Gasteiger charge is -2.26. The van der Waals surface area contributed by atoms with Crippen molar-refractivity contribution in [3.63, 3.8) is 0 Å². The molecule has 2 aromatic rings. The maximum absolute atomic E-state index is 6.21. The Kier molecular flexibility index (Phi) is 4.40. The maximum atomic E-state index is 6.21. The lowest BCUT2D eigenvalue weighted by Crippen LogP contribution is -2.26. The number of rotatable bonds is 4. The Balaban J connectivity index is 2.45. The summed E-state index contributed by atoms with van der Waals surface area (Å²) >= 11 is 0. The van der Waals surface area contributed by atoms with Crippen LogP contribution in [0.2, 0.25) is 0 Å². The van der Waals surface area contributed by atoms with Gasteiger partial charge < -0.3 is 10.3 Å². The first kappa shape index (κ1) is 15.6. The average molecular weight is 285 g/mol. The van der Waals surface area contributed by atoms with Crippen LogP contribution in [0.15, 0.2) is 30.3 Å². The van der Waals surface area contributed by atoms with Crippen molar-refractivity contribution in [1.82, 2.24) is 9.55 Å². The highest BCUT2D eigenvalue weighted by atomic mass is 15.2. The molecule has 0 aliphatic rings. The fourth-order valence-corrected chi connectivity index (χ4v) is 2.80. The van der Waals surface area contributed by atoms with E-state index in [4.69, 9.17) is 5.73 Å². The monoisotopic (exact) mass is 285 g/mol. The molecule has 114 valence electrons. The minimum absolute atomic E-state index is 0.0454. The highest BCUT2D eigenvalue weighted by molar-refractivity contribution is 5.35. The lowest BCUT2D eigenvalue weighted by molar-refractivity contribution is 0.383. The summed E-state index contributed by atoms with van der Waals surface area (Å²) in [5, 5.41) is 0. The van der Waals surface area contributed by atoms with Crippen LogP contribution >= 0.6 is 0 Å². The molecule has 2 rings (SSSR count). The van der Waals surface area contributed by atoms with Crippen molar-refractivity contribution in [1.29, 1.82) is 0 Å². The van der Waals surface area contributed by atoms with Crippen LogP contribution in [-0.2, 0) is 18.4 Å². The highest BCUT2D eigenvalue weighted by Gasteiger charge is 2.24. The second-order valence-electron chi connectivity index (χ2n) is 7.13. The molecule has 0 unspecified atom stereocenters. The number of hydrogen-bond acceptors (Lipinski definition) is 2. The van der Waals surface area contributed by atoms with Crippen LogP contribution in [0.25, 0.3) is 0 Å². The first-order chi connectivity index (χ1) is 9.79. The number of benzene rings is 1. The van der Waals surface area contributed by atoms with Gasteiger partial charge in [0.25, 0.3) is 0 Å². The van der Waals surface area contributed by atoms with E-state index in [0.717, 1.165) is 18.5 Å². The van der Waals surface area contributed by atoms with Gasteiger partial charge in [-0.25, -0.2) is 4.98 Å². The van der Waals surface area contributed by atoms with Crippen LogP contribution in [0.3, 0.4) is 0 Å². The molecule has 0 fully saturated rings. The van der Waals surface area contributed by atoms with Gasteiger partial charge in [0.1, 0.15) is 0 Å². The zero-order chi connectivity index (χ0) is 15.6. The Bertz CT molecular complexity index is 589. The first-order valence-corrected chi connectivity index (χ1v) is 7.69. The molecule has 0 amide bonds. The van der Waals surface area contributed by atoms with Gasteiger partial charge in [0, 0.05) is 17.7 Å². The molecule has 3 nitrogen and oxygen atoms in total. The number of nitrogen functional groups attached to an aromatic ring is 1. The van der Waals surface area contributed by atoms with Crippen molar-refractivity contribution in [2.45, 2.75) is 53.0 Å². The molecular formula is C18H27N3. The van der Waals surface area contributed by atoms with Crippen molar-refractivity contribution in [3.05, 3.63) is 47.3 Å². The molecule has 1 aromatic carbocycles. The molecular weight excluding hydrogens is 258 g/mol. The molecule has 1 heterocycles. The number of anilines is 1. The molecule has 21 heavy (non-hydrogen) atoms. The number of nitrogens with zero attached hydrogens (tertiary/aromatic N) is 2. The Morgan fingerprint density at radius 3 is 2.29 bits per heavy atom. The highest BCUT2D eigenvalue weighted by Crippen LogP contribution is 2.27. The summed E-state index contributed by atoms with van der Waals surface area (Å²) in [6, 6.07) is 10.5. The van der Waals surface area contributed by atoms with E-state index in [1.165, 1.54) is 11.3 Å². The summed E-state index contributed by atoms with van der Waals surface area (Å²) in [5.41, 5.74) is 9.83. The van der Waals surface area contributed by atoms with Crippen LogP contribution in [0.4, 0.5) is 5.95 Å². The van der Waals surface area contributed by atoms with E-state index < -0.39 is 0 Å². The second kappa shape index (κ2) is 5.92. The lowest BCUT2D eigenvalue weighted by atomic mass is 10.0. The summed E-state index contributed by atoms with van der Waals surface area (Å²) in [4.78, 5) is 4.67. The maximum Gasteiger partial charge on any atom is 0.201 e. The van der Waals surface area contributed by atoms with E-state index in [9.17, 15) is 0 Å². The Morgan fingerprint density at radius 2 is 1.76 bits per heavy atom. The van der Waals surface area contributed by atoms with Gasteiger partial charge in [-0.15, -0.1) is 0 Å². The number of imidazole rings is 1. The third kappa shape index (κ3) is 3.66. The molecule has 0 bridgehead atoms. The van der Waals surface area contributed by atoms with Gasteiger partial charge in [0.15, 0.2) is 0 Å². The van der Waals surface area contributed by atoms with Gasteiger partial charge in [-0.1, -0.05) is 44.2 Å². The largest absolute Gasteiger partial charge is 0.369 e. The summed E-state index contributed by atoms with van der Waals surface area (Å²) in [6.45, 7) is 11.0. The Labute approximate surface area is 128 Å². The third-order valence-electron chi connectivity index (χ3n) is 3.57. The number of nitrogens with two attached hydrogens (primary N) is 1. The van der Waals surface area contributed by atoms with E-state index in [-0.39, 0.29) is 5.54 Å². The van der Waals surface area contributed by atoms with E-state index in [2.05, 4.69) is 68.4 Å². The average Bonchev–Trinajstić information content (AvgIpc) is 2.65. The van der Waals surface area contributed by atoms with Gasteiger partial charge >= 0.3 is 0 Å². The Morgan fingerprint density at radius 1 is 1.14 bits per heavy atom.